The van der Waals surface area contributed by atoms with Gasteiger partial charge in [-0.15, -0.1) is 0 Å². The third-order valence-electron chi connectivity index (χ3n) is 1.58. The van der Waals surface area contributed by atoms with Gasteiger partial charge in [-0.25, -0.2) is 0 Å². The van der Waals surface area contributed by atoms with Crippen molar-refractivity contribution in [2.75, 3.05) is 6.61 Å². The molecule has 0 heterocycles. The Morgan fingerprint density at radius 3 is 2.62 bits per heavy atom. The van der Waals surface area contributed by atoms with Crippen LogP contribution in [-0.4, -0.2) is 6.61 Å². The van der Waals surface area contributed by atoms with Gasteiger partial charge in [0.25, 0.3) is 0 Å². The van der Waals surface area contributed by atoms with E-state index in [1.807, 2.05) is 6.92 Å². The van der Waals surface area contributed by atoms with E-state index in [1.54, 1.807) is 18.2 Å². The zero-order valence-electron chi connectivity index (χ0n) is 8.45. The van der Waals surface area contributed by atoms with Crippen molar-refractivity contribution in [3.63, 3.8) is 0 Å². The standard InChI is InChI=1S/C9H10Cl3O2PS/c1-2-5-14-7-3-4-9(8(10)6-7)16-15(11,12)13/h3-4,6H,2,5H2,1H3. The van der Waals surface area contributed by atoms with E-state index in [-0.39, 0.29) is 0 Å². The highest BCUT2D eigenvalue weighted by Crippen LogP contribution is 2.71. The number of halogens is 3. The Hall–Kier alpha value is 0.470. The second-order valence-electron chi connectivity index (χ2n) is 2.95. The average molecular weight is 320 g/mol. The van der Waals surface area contributed by atoms with Crippen LogP contribution in [-0.2, 0) is 4.57 Å². The first-order valence-electron chi connectivity index (χ1n) is 4.53. The molecule has 1 rings (SSSR count). The lowest BCUT2D eigenvalue weighted by molar-refractivity contribution is 0.317. The van der Waals surface area contributed by atoms with Gasteiger partial charge in [0, 0.05) is 4.90 Å². The Bertz CT molecular complexity index is 408. The molecule has 0 aromatic heterocycles. The summed E-state index contributed by atoms with van der Waals surface area (Å²) < 4.78 is 16.6. The van der Waals surface area contributed by atoms with Crippen LogP contribution in [0.5, 0.6) is 5.75 Å². The predicted molar refractivity (Wildman–Crippen MR) is 72.4 cm³/mol. The molecule has 0 N–H and O–H groups in total. The van der Waals surface area contributed by atoms with Crippen LogP contribution in [0.15, 0.2) is 23.1 Å². The van der Waals surface area contributed by atoms with E-state index in [0.717, 1.165) is 17.8 Å². The zero-order valence-corrected chi connectivity index (χ0v) is 12.4. The second-order valence-corrected chi connectivity index (χ2v) is 11.5. The quantitative estimate of drug-likeness (QED) is 0.641. The van der Waals surface area contributed by atoms with Crippen LogP contribution in [0, 0.1) is 0 Å². The van der Waals surface area contributed by atoms with Crippen molar-refractivity contribution in [3.05, 3.63) is 23.2 Å². The first-order valence-corrected chi connectivity index (χ1v) is 9.85. The van der Waals surface area contributed by atoms with Gasteiger partial charge in [-0.1, -0.05) is 18.5 Å². The van der Waals surface area contributed by atoms with Crippen LogP contribution in [0.4, 0.5) is 0 Å². The molecular weight excluding hydrogens is 309 g/mol. The van der Waals surface area contributed by atoms with Crippen LogP contribution in [0.3, 0.4) is 0 Å². The first kappa shape index (κ1) is 14.5. The summed E-state index contributed by atoms with van der Waals surface area (Å²) in [6.45, 7) is 2.65. The van der Waals surface area contributed by atoms with Crippen molar-refractivity contribution >= 4 is 50.5 Å². The largest absolute Gasteiger partial charge is 0.494 e. The summed E-state index contributed by atoms with van der Waals surface area (Å²) in [7, 11) is 0. The van der Waals surface area contributed by atoms with Crippen molar-refractivity contribution in [2.24, 2.45) is 0 Å². The molecule has 2 nitrogen and oxygen atoms in total. The summed E-state index contributed by atoms with van der Waals surface area (Å²) in [5.74, 6) is 0.676. The van der Waals surface area contributed by atoms with Crippen molar-refractivity contribution < 1.29 is 9.30 Å². The lowest BCUT2D eigenvalue weighted by Crippen LogP contribution is -1.94. The van der Waals surface area contributed by atoms with Gasteiger partial charge in [-0.2, -0.15) is 0 Å². The third kappa shape index (κ3) is 5.20. The molecule has 0 fully saturated rings. The summed E-state index contributed by atoms with van der Waals surface area (Å²) >= 11 is 17.7. The normalized spacial score (nSPS) is 11.5. The Balaban J connectivity index is 2.79. The summed E-state index contributed by atoms with van der Waals surface area (Å²) in [5.41, 5.74) is 0. The molecule has 16 heavy (non-hydrogen) atoms. The fourth-order valence-electron chi connectivity index (χ4n) is 0.980. The Labute approximate surface area is 113 Å². The molecule has 1 aromatic carbocycles. The molecule has 7 heteroatoms. The summed E-state index contributed by atoms with van der Waals surface area (Å²) in [6.07, 6.45) is 0.923. The molecule has 0 aliphatic rings. The van der Waals surface area contributed by atoms with Gasteiger partial charge in [-0.3, -0.25) is 4.57 Å². The van der Waals surface area contributed by atoms with E-state index in [1.165, 1.54) is 0 Å². The van der Waals surface area contributed by atoms with Gasteiger partial charge in [0.15, 0.2) is 0 Å². The Morgan fingerprint density at radius 1 is 1.44 bits per heavy atom. The molecule has 0 atom stereocenters. The number of ether oxygens (including phenoxy) is 1. The number of benzene rings is 1. The highest BCUT2D eigenvalue weighted by molar-refractivity contribution is 8.72. The van der Waals surface area contributed by atoms with E-state index in [4.69, 9.17) is 38.8 Å². The highest BCUT2D eigenvalue weighted by atomic mass is 35.9. The lowest BCUT2D eigenvalue weighted by Gasteiger charge is -2.08. The van der Waals surface area contributed by atoms with E-state index >= 15 is 0 Å². The molecule has 0 saturated heterocycles. The average Bonchev–Trinajstić information content (AvgIpc) is 2.17. The zero-order chi connectivity index (χ0) is 12.2. The van der Waals surface area contributed by atoms with Crippen LogP contribution < -0.4 is 4.74 Å². The maximum absolute atomic E-state index is 11.2. The molecule has 0 spiro atoms. The molecule has 0 unspecified atom stereocenters. The third-order valence-corrected chi connectivity index (χ3v) is 5.24. The minimum atomic E-state index is -3.21. The number of rotatable bonds is 5. The topological polar surface area (TPSA) is 26.3 Å². The van der Waals surface area contributed by atoms with Crippen LogP contribution in [0.25, 0.3) is 0 Å². The Morgan fingerprint density at radius 2 is 2.12 bits per heavy atom. The lowest BCUT2D eigenvalue weighted by atomic mass is 10.3. The van der Waals surface area contributed by atoms with Gasteiger partial charge in [0.1, 0.15) is 5.75 Å². The van der Waals surface area contributed by atoms with Crippen molar-refractivity contribution in [3.8, 4) is 5.75 Å². The van der Waals surface area contributed by atoms with Gasteiger partial charge in [0.2, 0.25) is 0 Å². The van der Waals surface area contributed by atoms with Gasteiger partial charge in [-0.05, 0) is 58.5 Å². The molecule has 0 radical (unpaired) electrons. The molecule has 0 aliphatic heterocycles. The van der Waals surface area contributed by atoms with Gasteiger partial charge in [0.05, 0.1) is 11.6 Å². The monoisotopic (exact) mass is 318 g/mol. The van der Waals surface area contributed by atoms with Crippen LogP contribution in [0.1, 0.15) is 13.3 Å². The van der Waals surface area contributed by atoms with E-state index < -0.39 is 5.05 Å². The van der Waals surface area contributed by atoms with Crippen LogP contribution >= 0.6 is 50.5 Å². The Kier molecular flexibility index (Phi) is 5.83. The predicted octanol–water partition coefficient (Wildman–Crippen LogP) is 5.81. The summed E-state index contributed by atoms with van der Waals surface area (Å²) in [5, 5.41) is -2.78. The minimum absolute atomic E-state index is 0.431. The molecule has 90 valence electrons. The van der Waals surface area contributed by atoms with Gasteiger partial charge < -0.3 is 4.74 Å². The van der Waals surface area contributed by atoms with Crippen molar-refractivity contribution in [2.45, 2.75) is 18.2 Å². The fraction of sp³-hybridized carbons (Fsp3) is 0.333. The SMILES string of the molecule is CCCOc1ccc(SP(=O)(Cl)Cl)c(Cl)c1. The second kappa shape index (κ2) is 6.42. The molecule has 0 amide bonds. The van der Waals surface area contributed by atoms with E-state index in [9.17, 15) is 4.57 Å². The maximum Gasteiger partial charge on any atom is 0.311 e. The van der Waals surface area contributed by atoms with Crippen molar-refractivity contribution in [1.82, 2.24) is 0 Å². The number of hydrogen-bond acceptors (Lipinski definition) is 3. The van der Waals surface area contributed by atoms with Gasteiger partial charge >= 0.3 is 5.05 Å². The number of hydrogen-bond donors (Lipinski definition) is 0. The molecule has 0 saturated carbocycles. The fourth-order valence-corrected chi connectivity index (χ4v) is 4.43. The first-order chi connectivity index (χ1) is 7.42. The maximum atomic E-state index is 11.2. The van der Waals surface area contributed by atoms with Crippen molar-refractivity contribution in [1.29, 1.82) is 0 Å². The van der Waals surface area contributed by atoms with Crippen LogP contribution in [0.2, 0.25) is 5.02 Å². The molecule has 1 aromatic rings. The highest BCUT2D eigenvalue weighted by Gasteiger charge is 2.18. The summed E-state index contributed by atoms with van der Waals surface area (Å²) in [4.78, 5) is 0.582. The smallest absolute Gasteiger partial charge is 0.311 e. The van der Waals surface area contributed by atoms with E-state index in [0.29, 0.717) is 22.3 Å². The minimum Gasteiger partial charge on any atom is -0.494 e. The molecular formula is C9H10Cl3O2PS. The molecule has 0 bridgehead atoms. The molecule has 0 aliphatic carbocycles. The summed E-state index contributed by atoms with van der Waals surface area (Å²) in [6, 6.07) is 5.09. The van der Waals surface area contributed by atoms with E-state index in [2.05, 4.69) is 0 Å².